The van der Waals surface area contributed by atoms with Crippen LogP contribution in [-0.4, -0.2) is 34.2 Å². The fraction of sp³-hybridized carbons (Fsp3) is 0.500. The van der Waals surface area contributed by atoms with Crippen molar-refractivity contribution in [2.45, 2.75) is 64.6 Å². The average molecular weight is 345 g/mol. The smallest absolute Gasteiger partial charge is 0.349 e. The summed E-state index contributed by atoms with van der Waals surface area (Å²) < 4.78 is 5.40. The van der Waals surface area contributed by atoms with Gasteiger partial charge in [0.25, 0.3) is 0 Å². The van der Waals surface area contributed by atoms with E-state index in [-0.39, 0.29) is 12.1 Å². The molecule has 0 saturated carbocycles. The molecule has 0 aromatic heterocycles. The number of nitrogens with zero attached hydrogens (tertiary/aromatic N) is 1. The highest BCUT2D eigenvalue weighted by atomic mass is 16.7. The highest BCUT2D eigenvalue weighted by molar-refractivity contribution is 5.86. The summed E-state index contributed by atoms with van der Waals surface area (Å²) in [6.45, 7) is 9.36. The molecule has 1 saturated heterocycles. The third kappa shape index (κ3) is 5.16. The maximum Gasteiger partial charge on any atom is 0.349 e. The number of hydroxylamine groups is 2. The van der Waals surface area contributed by atoms with Crippen LogP contribution >= 0.6 is 0 Å². The van der Waals surface area contributed by atoms with Crippen molar-refractivity contribution < 1.29 is 19.2 Å². The average Bonchev–Trinajstić information content (AvgIpc) is 2.48. The van der Waals surface area contributed by atoms with Crippen molar-refractivity contribution in [1.82, 2.24) is 5.06 Å². The predicted molar refractivity (Wildman–Crippen MR) is 96.4 cm³/mol. The molecule has 0 N–H and O–H groups in total. The van der Waals surface area contributed by atoms with Gasteiger partial charge in [-0.3, -0.25) is 4.79 Å². The second-order valence-electron chi connectivity index (χ2n) is 7.71. The van der Waals surface area contributed by atoms with Crippen molar-refractivity contribution >= 4 is 18.0 Å². The van der Waals surface area contributed by atoms with E-state index in [0.29, 0.717) is 12.8 Å². The van der Waals surface area contributed by atoms with Gasteiger partial charge in [0.15, 0.2) is 0 Å². The number of hydrogen-bond donors (Lipinski definition) is 0. The third-order valence-electron chi connectivity index (χ3n) is 4.28. The molecular formula is C20H27NO4. The Morgan fingerprint density at radius 2 is 1.64 bits per heavy atom. The van der Waals surface area contributed by atoms with Crippen LogP contribution in [0.3, 0.4) is 0 Å². The second kappa shape index (κ2) is 7.40. The molecule has 5 heteroatoms. The maximum absolute atomic E-state index is 12.3. The summed E-state index contributed by atoms with van der Waals surface area (Å²) in [7, 11) is 0. The molecule has 5 nitrogen and oxygen atoms in total. The first-order chi connectivity index (χ1) is 11.6. The topological polar surface area (TPSA) is 55.8 Å². The highest BCUT2D eigenvalue weighted by Crippen LogP contribution is 2.39. The van der Waals surface area contributed by atoms with E-state index in [2.05, 4.69) is 0 Å². The Morgan fingerprint density at radius 1 is 1.08 bits per heavy atom. The van der Waals surface area contributed by atoms with Crippen molar-refractivity contribution in [3.63, 3.8) is 0 Å². The number of rotatable bonds is 4. The molecule has 25 heavy (non-hydrogen) atoms. The van der Waals surface area contributed by atoms with Crippen LogP contribution in [0.25, 0.3) is 6.08 Å². The standard InChI is InChI=1S/C20H27NO4/c1-15(22)24-17-13-19(2,3)21(20(4,5)14-17)25-18(23)12-11-16-9-7-6-8-10-16/h6-12,17H,13-14H2,1-5H3/b12-11+. The molecule has 0 bridgehead atoms. The van der Waals surface area contributed by atoms with Crippen molar-refractivity contribution in [2.24, 2.45) is 0 Å². The van der Waals surface area contributed by atoms with Crippen LogP contribution in [0.1, 0.15) is 53.0 Å². The molecule has 136 valence electrons. The van der Waals surface area contributed by atoms with E-state index >= 15 is 0 Å². The minimum Gasteiger partial charge on any atom is -0.462 e. The van der Waals surface area contributed by atoms with E-state index < -0.39 is 17.0 Å². The van der Waals surface area contributed by atoms with Gasteiger partial charge in [-0.2, -0.15) is 0 Å². The molecule has 1 aromatic carbocycles. The van der Waals surface area contributed by atoms with Crippen LogP contribution in [0.4, 0.5) is 0 Å². The van der Waals surface area contributed by atoms with Crippen LogP contribution in [0.2, 0.25) is 0 Å². The molecule has 0 aliphatic carbocycles. The molecule has 1 aliphatic rings. The number of carbonyl (C=O) groups excluding carboxylic acids is 2. The van der Waals surface area contributed by atoms with E-state index in [0.717, 1.165) is 5.56 Å². The van der Waals surface area contributed by atoms with Gasteiger partial charge in [-0.1, -0.05) is 30.3 Å². The second-order valence-corrected chi connectivity index (χ2v) is 7.71. The largest absolute Gasteiger partial charge is 0.462 e. The van der Waals surface area contributed by atoms with Gasteiger partial charge >= 0.3 is 11.9 Å². The first-order valence-electron chi connectivity index (χ1n) is 8.53. The van der Waals surface area contributed by atoms with Gasteiger partial charge in [0.1, 0.15) is 6.10 Å². The summed E-state index contributed by atoms with van der Waals surface area (Å²) in [4.78, 5) is 29.2. The zero-order chi connectivity index (χ0) is 18.7. The molecule has 1 fully saturated rings. The van der Waals surface area contributed by atoms with Crippen molar-refractivity contribution in [2.75, 3.05) is 0 Å². The molecule has 1 aliphatic heterocycles. The third-order valence-corrected chi connectivity index (χ3v) is 4.28. The van der Waals surface area contributed by atoms with Crippen LogP contribution < -0.4 is 0 Å². The van der Waals surface area contributed by atoms with E-state index in [9.17, 15) is 9.59 Å². The minimum absolute atomic E-state index is 0.183. The first kappa shape index (κ1) is 19.2. The fourth-order valence-electron chi connectivity index (χ4n) is 3.59. The minimum atomic E-state index is -0.446. The summed E-state index contributed by atoms with van der Waals surface area (Å²) in [5.74, 6) is -0.705. The Balaban J connectivity index is 2.08. The van der Waals surface area contributed by atoms with E-state index in [1.807, 2.05) is 58.0 Å². The molecule has 0 radical (unpaired) electrons. The number of esters is 1. The molecule has 2 rings (SSSR count). The van der Waals surface area contributed by atoms with Crippen molar-refractivity contribution in [3.8, 4) is 0 Å². The van der Waals surface area contributed by atoms with Gasteiger partial charge in [-0.05, 0) is 39.3 Å². The zero-order valence-corrected chi connectivity index (χ0v) is 15.6. The van der Waals surface area contributed by atoms with Gasteiger partial charge in [-0.15, -0.1) is 5.06 Å². The first-order valence-corrected chi connectivity index (χ1v) is 8.53. The van der Waals surface area contributed by atoms with E-state index in [1.165, 1.54) is 13.0 Å². The van der Waals surface area contributed by atoms with Gasteiger partial charge in [0.05, 0.1) is 11.1 Å². The Kier molecular flexibility index (Phi) is 5.68. The van der Waals surface area contributed by atoms with Crippen molar-refractivity contribution in [3.05, 3.63) is 42.0 Å². The molecule has 0 spiro atoms. The number of carbonyl (C=O) groups is 2. The Bertz CT molecular complexity index is 631. The van der Waals surface area contributed by atoms with Gasteiger partial charge in [0.2, 0.25) is 0 Å². The lowest BCUT2D eigenvalue weighted by Gasteiger charge is -2.52. The Hall–Kier alpha value is -2.14. The van der Waals surface area contributed by atoms with E-state index in [1.54, 1.807) is 11.1 Å². The summed E-state index contributed by atoms with van der Waals surface area (Å²) in [6, 6.07) is 9.59. The Morgan fingerprint density at radius 3 is 2.16 bits per heavy atom. The molecule has 0 atom stereocenters. The highest BCUT2D eigenvalue weighted by Gasteiger charge is 2.49. The van der Waals surface area contributed by atoms with Gasteiger partial charge in [0, 0.05) is 25.8 Å². The number of piperidine rings is 1. The SMILES string of the molecule is CC(=O)OC1CC(C)(C)N(OC(=O)/C=C/c2ccccc2)C(C)(C)C1. The molecular weight excluding hydrogens is 318 g/mol. The van der Waals surface area contributed by atoms with Gasteiger partial charge in [-0.25, -0.2) is 4.79 Å². The van der Waals surface area contributed by atoms with Crippen LogP contribution in [0.5, 0.6) is 0 Å². The monoisotopic (exact) mass is 345 g/mol. The van der Waals surface area contributed by atoms with Crippen molar-refractivity contribution in [1.29, 1.82) is 0 Å². The van der Waals surface area contributed by atoms with Crippen LogP contribution in [0, 0.1) is 0 Å². The number of hydrogen-bond acceptors (Lipinski definition) is 5. The lowest BCUT2D eigenvalue weighted by atomic mass is 9.80. The summed E-state index contributed by atoms with van der Waals surface area (Å²) in [6.07, 6.45) is 4.18. The Labute approximate surface area is 149 Å². The molecule has 1 heterocycles. The lowest BCUT2D eigenvalue weighted by Crippen LogP contribution is -2.62. The molecule has 1 aromatic rings. The number of benzene rings is 1. The van der Waals surface area contributed by atoms with Crippen LogP contribution in [-0.2, 0) is 19.2 Å². The van der Waals surface area contributed by atoms with E-state index in [4.69, 9.17) is 9.57 Å². The summed E-state index contributed by atoms with van der Waals surface area (Å²) in [5.41, 5.74) is 0.0440. The molecule has 0 amide bonds. The maximum atomic E-state index is 12.3. The predicted octanol–water partition coefficient (Wildman–Crippen LogP) is 3.74. The zero-order valence-electron chi connectivity index (χ0n) is 15.6. The fourth-order valence-corrected chi connectivity index (χ4v) is 3.59. The normalized spacial score (nSPS) is 20.4. The van der Waals surface area contributed by atoms with Crippen LogP contribution in [0.15, 0.2) is 36.4 Å². The summed E-state index contributed by atoms with van der Waals surface area (Å²) in [5, 5.41) is 1.73. The van der Waals surface area contributed by atoms with Gasteiger partial charge < -0.3 is 9.57 Å². The quantitative estimate of drug-likeness (QED) is 0.614. The lowest BCUT2D eigenvalue weighted by molar-refractivity contribution is -0.273. The summed E-state index contributed by atoms with van der Waals surface area (Å²) >= 11 is 0. The number of ether oxygens (including phenoxy) is 1. The molecule has 0 unspecified atom stereocenters.